The van der Waals surface area contributed by atoms with Crippen LogP contribution in [0.4, 0.5) is 0 Å². The van der Waals surface area contributed by atoms with E-state index in [0.29, 0.717) is 0 Å². The predicted octanol–water partition coefficient (Wildman–Crippen LogP) is 4.12. The molecule has 0 N–H and O–H groups in total. The zero-order chi connectivity index (χ0) is 8.81. The number of hydrogen-bond donors (Lipinski definition) is 0. The highest BCUT2D eigenvalue weighted by atomic mass is 32.1. The van der Waals surface area contributed by atoms with E-state index in [4.69, 9.17) is 0 Å². The van der Waals surface area contributed by atoms with Crippen molar-refractivity contribution in [2.75, 3.05) is 0 Å². The Hall–Kier alpha value is -0.300. The molecule has 1 heteroatoms. The molecule has 0 atom stereocenters. The summed E-state index contributed by atoms with van der Waals surface area (Å²) in [6.07, 6.45) is 5.39. The Labute approximate surface area is 79.6 Å². The first-order valence-corrected chi connectivity index (χ1v) is 5.74. The Morgan fingerprint density at radius 3 is 2.75 bits per heavy atom. The van der Waals surface area contributed by atoms with Gasteiger partial charge in [-0.05, 0) is 41.1 Å². The predicted molar refractivity (Wildman–Crippen MR) is 56.7 cm³/mol. The van der Waals surface area contributed by atoms with E-state index in [9.17, 15) is 0 Å². The van der Waals surface area contributed by atoms with Crippen LogP contribution in [-0.2, 0) is 6.42 Å². The molecule has 1 aromatic rings. The van der Waals surface area contributed by atoms with Gasteiger partial charge in [0.05, 0.1) is 0 Å². The van der Waals surface area contributed by atoms with Crippen LogP contribution < -0.4 is 0 Å². The summed E-state index contributed by atoms with van der Waals surface area (Å²) >= 11 is 1.80. The lowest BCUT2D eigenvalue weighted by Gasteiger charge is -2.02. The van der Waals surface area contributed by atoms with Crippen molar-refractivity contribution in [3.63, 3.8) is 0 Å². The van der Waals surface area contributed by atoms with E-state index in [0.717, 1.165) is 5.92 Å². The van der Waals surface area contributed by atoms with Crippen molar-refractivity contribution in [1.29, 1.82) is 0 Å². The van der Waals surface area contributed by atoms with Crippen LogP contribution in [0.3, 0.4) is 0 Å². The Morgan fingerprint density at radius 2 is 2.17 bits per heavy atom. The van der Waals surface area contributed by atoms with Crippen molar-refractivity contribution in [3.8, 4) is 0 Å². The van der Waals surface area contributed by atoms with Crippen molar-refractivity contribution in [1.82, 2.24) is 0 Å². The topological polar surface area (TPSA) is 0 Å². The van der Waals surface area contributed by atoms with Crippen molar-refractivity contribution in [2.24, 2.45) is 5.92 Å². The monoisotopic (exact) mass is 182 g/mol. The Balaban J connectivity index is 2.04. The maximum absolute atomic E-state index is 2.30. The van der Waals surface area contributed by atoms with Crippen LogP contribution >= 0.6 is 11.3 Å². The van der Waals surface area contributed by atoms with Crippen molar-refractivity contribution in [3.05, 3.63) is 22.4 Å². The Kier molecular flexibility index (Phi) is 4.37. The van der Waals surface area contributed by atoms with Gasteiger partial charge in [0, 0.05) is 0 Å². The Morgan fingerprint density at radius 1 is 1.33 bits per heavy atom. The SMILES string of the molecule is CC(C)CCCCc1ccsc1. The molecule has 0 bridgehead atoms. The zero-order valence-electron chi connectivity index (χ0n) is 8.05. The molecule has 1 heterocycles. The molecule has 0 amide bonds. The van der Waals surface area contributed by atoms with E-state index >= 15 is 0 Å². The molecule has 12 heavy (non-hydrogen) atoms. The van der Waals surface area contributed by atoms with Crippen LogP contribution in [0, 0.1) is 5.92 Å². The van der Waals surface area contributed by atoms with E-state index in [-0.39, 0.29) is 0 Å². The number of unbranched alkanes of at least 4 members (excludes halogenated alkanes) is 1. The van der Waals surface area contributed by atoms with Gasteiger partial charge in [-0.25, -0.2) is 0 Å². The van der Waals surface area contributed by atoms with Gasteiger partial charge in [-0.1, -0.05) is 26.7 Å². The molecule has 0 fully saturated rings. The third-order valence-corrected chi connectivity index (χ3v) is 2.81. The quantitative estimate of drug-likeness (QED) is 0.601. The fraction of sp³-hybridized carbons (Fsp3) is 0.636. The molecule has 0 saturated heterocycles. The van der Waals surface area contributed by atoms with Crippen molar-refractivity contribution >= 4 is 11.3 Å². The first kappa shape index (κ1) is 9.79. The second kappa shape index (κ2) is 5.36. The summed E-state index contributed by atoms with van der Waals surface area (Å²) in [5, 5.41) is 4.42. The molecule has 0 aliphatic carbocycles. The van der Waals surface area contributed by atoms with Gasteiger partial charge >= 0.3 is 0 Å². The van der Waals surface area contributed by atoms with Crippen LogP contribution in [0.1, 0.15) is 38.7 Å². The second-order valence-electron chi connectivity index (χ2n) is 3.77. The normalized spacial score (nSPS) is 10.9. The van der Waals surface area contributed by atoms with Crippen LogP contribution in [0.5, 0.6) is 0 Å². The summed E-state index contributed by atoms with van der Waals surface area (Å²) in [4.78, 5) is 0. The molecule has 1 aromatic heterocycles. The molecule has 0 nitrogen and oxygen atoms in total. The second-order valence-corrected chi connectivity index (χ2v) is 4.55. The first-order valence-electron chi connectivity index (χ1n) is 4.80. The van der Waals surface area contributed by atoms with Crippen LogP contribution in [0.2, 0.25) is 0 Å². The lowest BCUT2D eigenvalue weighted by atomic mass is 10.0. The number of aryl methyl sites for hydroxylation is 1. The summed E-state index contributed by atoms with van der Waals surface area (Å²) in [5.41, 5.74) is 1.52. The lowest BCUT2D eigenvalue weighted by Crippen LogP contribution is -1.88. The highest BCUT2D eigenvalue weighted by molar-refractivity contribution is 7.07. The van der Waals surface area contributed by atoms with Gasteiger partial charge in [-0.3, -0.25) is 0 Å². The van der Waals surface area contributed by atoms with Gasteiger partial charge < -0.3 is 0 Å². The highest BCUT2D eigenvalue weighted by Gasteiger charge is 1.95. The number of hydrogen-bond acceptors (Lipinski definition) is 1. The fourth-order valence-corrected chi connectivity index (χ4v) is 2.02. The maximum atomic E-state index is 2.30. The molecule has 0 spiro atoms. The minimum Gasteiger partial charge on any atom is -0.152 e. The first-order chi connectivity index (χ1) is 5.79. The van der Waals surface area contributed by atoms with Gasteiger partial charge in [-0.2, -0.15) is 11.3 Å². The van der Waals surface area contributed by atoms with E-state index in [1.165, 1.54) is 31.2 Å². The highest BCUT2D eigenvalue weighted by Crippen LogP contribution is 2.12. The largest absolute Gasteiger partial charge is 0.152 e. The molecular formula is C11H18S. The Bertz CT molecular complexity index is 187. The summed E-state index contributed by atoms with van der Waals surface area (Å²) in [6.45, 7) is 4.59. The smallest absolute Gasteiger partial charge is 0.00613 e. The summed E-state index contributed by atoms with van der Waals surface area (Å²) < 4.78 is 0. The van der Waals surface area contributed by atoms with Gasteiger partial charge in [0.2, 0.25) is 0 Å². The lowest BCUT2D eigenvalue weighted by molar-refractivity contribution is 0.538. The van der Waals surface area contributed by atoms with Crippen LogP contribution in [0.25, 0.3) is 0 Å². The molecule has 0 aliphatic heterocycles. The summed E-state index contributed by atoms with van der Waals surface area (Å²) in [6, 6.07) is 2.24. The maximum Gasteiger partial charge on any atom is -0.00613 e. The minimum atomic E-state index is 0.868. The molecule has 0 aromatic carbocycles. The molecule has 0 saturated carbocycles. The van der Waals surface area contributed by atoms with E-state index in [2.05, 4.69) is 30.7 Å². The average Bonchev–Trinajstić information content (AvgIpc) is 2.49. The number of thiophene rings is 1. The summed E-state index contributed by atoms with van der Waals surface area (Å²) in [7, 11) is 0. The van der Waals surface area contributed by atoms with Gasteiger partial charge in [0.25, 0.3) is 0 Å². The number of rotatable bonds is 5. The van der Waals surface area contributed by atoms with Crippen molar-refractivity contribution in [2.45, 2.75) is 39.5 Å². The third-order valence-electron chi connectivity index (χ3n) is 2.08. The summed E-state index contributed by atoms with van der Waals surface area (Å²) in [5.74, 6) is 0.868. The molecule has 68 valence electrons. The standard InChI is InChI=1S/C11H18S/c1-10(2)5-3-4-6-11-7-8-12-9-11/h7-10H,3-6H2,1-2H3. The minimum absolute atomic E-state index is 0.868. The third kappa shape index (κ3) is 3.91. The average molecular weight is 182 g/mol. The van der Waals surface area contributed by atoms with E-state index in [1.54, 1.807) is 11.3 Å². The molecular weight excluding hydrogens is 164 g/mol. The van der Waals surface area contributed by atoms with Crippen molar-refractivity contribution < 1.29 is 0 Å². The van der Waals surface area contributed by atoms with Gasteiger partial charge in [0.15, 0.2) is 0 Å². The van der Waals surface area contributed by atoms with Crippen LogP contribution in [0.15, 0.2) is 16.8 Å². The zero-order valence-corrected chi connectivity index (χ0v) is 8.86. The molecule has 0 radical (unpaired) electrons. The van der Waals surface area contributed by atoms with Crippen LogP contribution in [-0.4, -0.2) is 0 Å². The molecule has 0 aliphatic rings. The van der Waals surface area contributed by atoms with E-state index in [1.807, 2.05) is 0 Å². The van der Waals surface area contributed by atoms with E-state index < -0.39 is 0 Å². The van der Waals surface area contributed by atoms with Gasteiger partial charge in [-0.15, -0.1) is 0 Å². The fourth-order valence-electron chi connectivity index (χ4n) is 1.32. The van der Waals surface area contributed by atoms with Gasteiger partial charge in [0.1, 0.15) is 0 Å². The molecule has 0 unspecified atom stereocenters. The molecule has 1 rings (SSSR count).